The van der Waals surface area contributed by atoms with Gasteiger partial charge in [0.2, 0.25) is 5.91 Å². The van der Waals surface area contributed by atoms with Crippen molar-refractivity contribution in [2.45, 2.75) is 19.9 Å². The van der Waals surface area contributed by atoms with Crippen molar-refractivity contribution < 1.29 is 4.79 Å². The van der Waals surface area contributed by atoms with Crippen molar-refractivity contribution in [1.29, 1.82) is 0 Å². The molecule has 1 aromatic heterocycles. The lowest BCUT2D eigenvalue weighted by Gasteiger charge is -2.14. The van der Waals surface area contributed by atoms with E-state index in [4.69, 9.17) is 11.6 Å². The number of carbonyl (C=O) groups excluding carboxylic acids is 1. The lowest BCUT2D eigenvalue weighted by Crippen LogP contribution is -2.24. The molecule has 2 aromatic rings. The second kappa shape index (κ2) is 6.68. The number of hydrogen-bond donors (Lipinski definition) is 1. The predicted molar refractivity (Wildman–Crippen MR) is 83.9 cm³/mol. The molecule has 0 bridgehead atoms. The van der Waals surface area contributed by atoms with Crippen LogP contribution in [-0.2, 0) is 4.79 Å². The molecular formula is C15H15ClN2OS. The van der Waals surface area contributed by atoms with E-state index in [9.17, 15) is 4.79 Å². The minimum Gasteiger partial charge on any atom is -0.346 e. The van der Waals surface area contributed by atoms with Crippen LogP contribution < -0.4 is 5.32 Å². The zero-order chi connectivity index (χ0) is 14.5. The highest BCUT2D eigenvalue weighted by atomic mass is 35.5. The summed E-state index contributed by atoms with van der Waals surface area (Å²) < 4.78 is 0. The topological polar surface area (TPSA) is 42.0 Å². The smallest absolute Gasteiger partial charge is 0.244 e. The Hall–Kier alpha value is -1.65. The number of amides is 1. The maximum atomic E-state index is 11.9. The van der Waals surface area contributed by atoms with Crippen LogP contribution in [0.15, 0.2) is 35.7 Å². The quantitative estimate of drug-likeness (QED) is 0.868. The molecule has 1 atom stereocenters. The molecule has 0 radical (unpaired) electrons. The second-order valence-electron chi connectivity index (χ2n) is 4.38. The van der Waals surface area contributed by atoms with Gasteiger partial charge in [-0.05, 0) is 31.6 Å². The fourth-order valence-corrected chi connectivity index (χ4v) is 2.66. The number of aromatic nitrogens is 1. The SMILES string of the molecule is Cc1nc(C=CC(=O)NC(C)c2ccccc2Cl)cs1. The van der Waals surface area contributed by atoms with Gasteiger partial charge in [-0.25, -0.2) is 4.98 Å². The Morgan fingerprint density at radius 2 is 2.20 bits per heavy atom. The van der Waals surface area contributed by atoms with Crippen molar-refractivity contribution in [3.8, 4) is 0 Å². The highest BCUT2D eigenvalue weighted by Gasteiger charge is 2.10. The van der Waals surface area contributed by atoms with Crippen molar-refractivity contribution in [2.24, 2.45) is 0 Å². The van der Waals surface area contributed by atoms with Crippen LogP contribution in [0.2, 0.25) is 5.02 Å². The molecule has 2 rings (SSSR count). The molecule has 1 aromatic carbocycles. The Kier molecular flexibility index (Phi) is 4.93. The average Bonchev–Trinajstić information content (AvgIpc) is 2.82. The molecule has 1 N–H and O–H groups in total. The van der Waals surface area contributed by atoms with E-state index in [-0.39, 0.29) is 11.9 Å². The molecule has 0 aliphatic heterocycles. The number of rotatable bonds is 4. The van der Waals surface area contributed by atoms with Crippen molar-refractivity contribution in [2.75, 3.05) is 0 Å². The Morgan fingerprint density at radius 1 is 1.45 bits per heavy atom. The van der Waals surface area contributed by atoms with Crippen molar-refractivity contribution in [3.05, 3.63) is 57.0 Å². The molecule has 0 saturated carbocycles. The molecule has 104 valence electrons. The maximum absolute atomic E-state index is 11.9. The van der Waals surface area contributed by atoms with Crippen LogP contribution in [-0.4, -0.2) is 10.9 Å². The number of benzene rings is 1. The van der Waals surface area contributed by atoms with Crippen LogP contribution in [0.25, 0.3) is 6.08 Å². The van der Waals surface area contributed by atoms with Gasteiger partial charge in [0.05, 0.1) is 16.7 Å². The first kappa shape index (κ1) is 14.8. The molecular weight excluding hydrogens is 292 g/mol. The van der Waals surface area contributed by atoms with Gasteiger partial charge in [0, 0.05) is 16.5 Å². The second-order valence-corrected chi connectivity index (χ2v) is 5.85. The Bertz CT molecular complexity index is 636. The summed E-state index contributed by atoms with van der Waals surface area (Å²) in [5.74, 6) is -0.164. The molecule has 20 heavy (non-hydrogen) atoms. The van der Waals surface area contributed by atoms with E-state index in [1.54, 1.807) is 17.4 Å². The van der Waals surface area contributed by atoms with Gasteiger partial charge in [-0.3, -0.25) is 4.79 Å². The lowest BCUT2D eigenvalue weighted by atomic mass is 10.1. The molecule has 1 heterocycles. The van der Waals surface area contributed by atoms with Crippen LogP contribution in [0, 0.1) is 6.92 Å². The summed E-state index contributed by atoms with van der Waals surface area (Å²) in [6, 6.07) is 7.34. The zero-order valence-corrected chi connectivity index (χ0v) is 12.8. The Balaban J connectivity index is 1.98. The molecule has 1 amide bonds. The largest absolute Gasteiger partial charge is 0.346 e. The standard InChI is InChI=1S/C15H15ClN2OS/c1-10(13-5-3-4-6-14(13)16)17-15(19)8-7-12-9-20-11(2)18-12/h3-10H,1-2H3,(H,17,19). The summed E-state index contributed by atoms with van der Waals surface area (Å²) in [5.41, 5.74) is 1.70. The third kappa shape index (κ3) is 3.92. The van der Waals surface area contributed by atoms with Crippen LogP contribution >= 0.6 is 22.9 Å². The first-order valence-corrected chi connectivity index (χ1v) is 7.47. The fraction of sp³-hybridized carbons (Fsp3) is 0.200. The lowest BCUT2D eigenvalue weighted by molar-refractivity contribution is -0.117. The van der Waals surface area contributed by atoms with E-state index < -0.39 is 0 Å². The summed E-state index contributed by atoms with van der Waals surface area (Å²) in [4.78, 5) is 16.1. The van der Waals surface area contributed by atoms with Gasteiger partial charge in [-0.15, -0.1) is 11.3 Å². The van der Waals surface area contributed by atoms with Crippen molar-refractivity contribution >= 4 is 34.9 Å². The number of hydrogen-bond acceptors (Lipinski definition) is 3. The number of aryl methyl sites for hydroxylation is 1. The summed E-state index contributed by atoms with van der Waals surface area (Å²) in [6.07, 6.45) is 3.19. The molecule has 0 saturated heterocycles. The van der Waals surface area contributed by atoms with Gasteiger partial charge in [-0.2, -0.15) is 0 Å². The van der Waals surface area contributed by atoms with Crippen LogP contribution in [0.3, 0.4) is 0 Å². The summed E-state index contributed by atoms with van der Waals surface area (Å²) in [6.45, 7) is 3.83. The normalized spacial score (nSPS) is 12.6. The summed E-state index contributed by atoms with van der Waals surface area (Å²) in [5, 5.41) is 6.43. The molecule has 3 nitrogen and oxygen atoms in total. The molecule has 0 fully saturated rings. The number of thiazole rings is 1. The number of nitrogens with one attached hydrogen (secondary N) is 1. The van der Waals surface area contributed by atoms with Gasteiger partial charge in [0.1, 0.15) is 0 Å². The molecule has 5 heteroatoms. The highest BCUT2D eigenvalue weighted by molar-refractivity contribution is 7.09. The third-order valence-electron chi connectivity index (χ3n) is 2.77. The van der Waals surface area contributed by atoms with Gasteiger partial charge in [0.15, 0.2) is 0 Å². The van der Waals surface area contributed by atoms with E-state index in [1.165, 1.54) is 6.08 Å². The van der Waals surface area contributed by atoms with Crippen molar-refractivity contribution in [1.82, 2.24) is 10.3 Å². The van der Waals surface area contributed by atoms with E-state index in [2.05, 4.69) is 10.3 Å². The average molecular weight is 307 g/mol. The van der Waals surface area contributed by atoms with E-state index in [0.29, 0.717) is 5.02 Å². The van der Waals surface area contributed by atoms with Gasteiger partial charge < -0.3 is 5.32 Å². The Morgan fingerprint density at radius 3 is 2.85 bits per heavy atom. The first-order valence-electron chi connectivity index (χ1n) is 6.21. The zero-order valence-electron chi connectivity index (χ0n) is 11.3. The van der Waals surface area contributed by atoms with Crippen LogP contribution in [0.1, 0.15) is 29.2 Å². The third-order valence-corrected chi connectivity index (χ3v) is 3.91. The highest BCUT2D eigenvalue weighted by Crippen LogP contribution is 2.22. The van der Waals surface area contributed by atoms with Gasteiger partial charge in [-0.1, -0.05) is 29.8 Å². The number of halogens is 1. The van der Waals surface area contributed by atoms with Gasteiger partial charge in [0.25, 0.3) is 0 Å². The molecule has 0 spiro atoms. The minimum atomic E-state index is -0.164. The molecule has 1 unspecified atom stereocenters. The fourth-order valence-electron chi connectivity index (χ4n) is 1.78. The number of nitrogens with zero attached hydrogens (tertiary/aromatic N) is 1. The van der Waals surface area contributed by atoms with E-state index in [1.807, 2.05) is 43.5 Å². The van der Waals surface area contributed by atoms with E-state index in [0.717, 1.165) is 16.3 Å². The van der Waals surface area contributed by atoms with Crippen LogP contribution in [0.4, 0.5) is 0 Å². The van der Waals surface area contributed by atoms with Crippen molar-refractivity contribution in [3.63, 3.8) is 0 Å². The Labute approximate surface area is 127 Å². The minimum absolute atomic E-state index is 0.141. The monoisotopic (exact) mass is 306 g/mol. The molecule has 0 aliphatic carbocycles. The van der Waals surface area contributed by atoms with Crippen LogP contribution in [0.5, 0.6) is 0 Å². The van der Waals surface area contributed by atoms with E-state index >= 15 is 0 Å². The molecule has 0 aliphatic rings. The summed E-state index contributed by atoms with van der Waals surface area (Å²) >= 11 is 7.66. The van der Waals surface area contributed by atoms with Gasteiger partial charge >= 0.3 is 0 Å². The number of carbonyl (C=O) groups is 1. The predicted octanol–water partition coefficient (Wildman–Crippen LogP) is 4.00. The maximum Gasteiger partial charge on any atom is 0.244 e. The summed E-state index contributed by atoms with van der Waals surface area (Å²) in [7, 11) is 0. The first-order chi connectivity index (χ1) is 9.56.